The van der Waals surface area contributed by atoms with Crippen LogP contribution in [0.1, 0.15) is 28.6 Å². The molecule has 0 saturated carbocycles. The third-order valence-electron chi connectivity index (χ3n) is 4.19. The van der Waals surface area contributed by atoms with E-state index in [0.717, 1.165) is 23.5 Å². The minimum atomic E-state index is 0. The summed E-state index contributed by atoms with van der Waals surface area (Å²) in [6, 6.07) is 6.96. The molecule has 3 heterocycles. The lowest BCUT2D eigenvalue weighted by molar-refractivity contribution is 0.249. The number of aliphatic imine (C=N–C) groups is 1. The van der Waals surface area contributed by atoms with Gasteiger partial charge >= 0.3 is 0 Å². The van der Waals surface area contributed by atoms with Crippen molar-refractivity contribution in [3.63, 3.8) is 0 Å². The lowest BCUT2D eigenvalue weighted by Crippen LogP contribution is -2.42. The van der Waals surface area contributed by atoms with Gasteiger partial charge in [-0.3, -0.25) is 9.89 Å². The van der Waals surface area contributed by atoms with Crippen molar-refractivity contribution < 1.29 is 0 Å². The lowest BCUT2D eigenvalue weighted by atomic mass is 10.2. The van der Waals surface area contributed by atoms with Crippen LogP contribution >= 0.6 is 62.6 Å². The molecule has 2 N–H and O–H groups in total. The molecule has 2 aromatic rings. The van der Waals surface area contributed by atoms with Crippen LogP contribution in [0.15, 0.2) is 38.4 Å². The van der Waals surface area contributed by atoms with Gasteiger partial charge in [0.25, 0.3) is 0 Å². The zero-order valence-electron chi connectivity index (χ0n) is 14.2. The van der Waals surface area contributed by atoms with E-state index >= 15 is 0 Å². The predicted octanol–water partition coefficient (Wildman–Crippen LogP) is 4.69. The van der Waals surface area contributed by atoms with E-state index in [0.29, 0.717) is 6.04 Å². The Morgan fingerprint density at radius 1 is 1.32 bits per heavy atom. The Morgan fingerprint density at radius 3 is 2.72 bits per heavy atom. The van der Waals surface area contributed by atoms with Crippen LogP contribution in [-0.2, 0) is 6.54 Å². The van der Waals surface area contributed by atoms with Gasteiger partial charge in [0.2, 0.25) is 0 Å². The van der Waals surface area contributed by atoms with E-state index in [1.807, 2.05) is 18.4 Å². The molecule has 1 fully saturated rings. The molecule has 25 heavy (non-hydrogen) atoms. The Balaban J connectivity index is 0.00000225. The van der Waals surface area contributed by atoms with Gasteiger partial charge in [0.05, 0.1) is 12.6 Å². The van der Waals surface area contributed by atoms with E-state index in [4.69, 9.17) is 0 Å². The summed E-state index contributed by atoms with van der Waals surface area (Å²) in [5, 5.41) is 11.2. The molecule has 0 aromatic carbocycles. The van der Waals surface area contributed by atoms with Crippen molar-refractivity contribution in [2.24, 2.45) is 4.99 Å². The van der Waals surface area contributed by atoms with E-state index in [1.54, 1.807) is 11.3 Å². The van der Waals surface area contributed by atoms with E-state index < -0.39 is 0 Å². The number of nitrogens with one attached hydrogen (secondary N) is 2. The normalized spacial score (nSPS) is 16.5. The average Bonchev–Trinajstić information content (AvgIpc) is 3.33. The largest absolute Gasteiger partial charge is 0.354 e. The first-order valence-electron chi connectivity index (χ1n) is 8.21. The molecule has 1 aliphatic heterocycles. The minimum absolute atomic E-state index is 0. The highest BCUT2D eigenvalue weighted by molar-refractivity contribution is 14.0. The fraction of sp³-hybridized carbons (Fsp3) is 0.471. The van der Waals surface area contributed by atoms with Crippen molar-refractivity contribution in [1.82, 2.24) is 15.5 Å². The molecule has 0 amide bonds. The molecule has 2 aromatic heterocycles. The second kappa shape index (κ2) is 10.9. The van der Waals surface area contributed by atoms with Crippen LogP contribution < -0.4 is 10.6 Å². The van der Waals surface area contributed by atoms with E-state index in [9.17, 15) is 0 Å². The maximum atomic E-state index is 4.36. The molecule has 1 unspecified atom stereocenters. The van der Waals surface area contributed by atoms with Gasteiger partial charge in [-0.2, -0.15) is 0 Å². The highest BCUT2D eigenvalue weighted by Crippen LogP contribution is 2.27. The van der Waals surface area contributed by atoms with E-state index in [2.05, 4.69) is 65.4 Å². The van der Waals surface area contributed by atoms with Gasteiger partial charge in [0.15, 0.2) is 5.96 Å². The summed E-state index contributed by atoms with van der Waals surface area (Å²) in [5.41, 5.74) is 0. The van der Waals surface area contributed by atoms with Gasteiger partial charge in [-0.25, -0.2) is 0 Å². The summed E-state index contributed by atoms with van der Waals surface area (Å²) < 4.78 is 1.14. The number of guanidine groups is 1. The average molecular weight is 555 g/mol. The van der Waals surface area contributed by atoms with Gasteiger partial charge in [-0.15, -0.1) is 46.7 Å². The number of likely N-dealkylation sites (tertiary alicyclic amines) is 1. The molecular weight excluding hydrogens is 531 g/mol. The molecule has 3 rings (SSSR count). The first kappa shape index (κ1) is 21.1. The van der Waals surface area contributed by atoms with E-state index in [1.165, 1.54) is 35.7 Å². The van der Waals surface area contributed by atoms with Crippen LogP contribution in [-0.4, -0.2) is 37.5 Å². The Kier molecular flexibility index (Phi) is 9.18. The summed E-state index contributed by atoms with van der Waals surface area (Å²) in [5.74, 6) is 0.861. The Morgan fingerprint density at radius 2 is 2.12 bits per heavy atom. The quantitative estimate of drug-likeness (QED) is 0.309. The Bertz CT molecular complexity index is 653. The van der Waals surface area contributed by atoms with Crippen molar-refractivity contribution in [1.29, 1.82) is 0 Å². The number of hydrogen-bond acceptors (Lipinski definition) is 4. The second-order valence-electron chi connectivity index (χ2n) is 5.81. The predicted molar refractivity (Wildman–Crippen MR) is 124 cm³/mol. The van der Waals surface area contributed by atoms with Gasteiger partial charge in [0.1, 0.15) is 0 Å². The first-order valence-corrected chi connectivity index (χ1v) is 10.8. The summed E-state index contributed by atoms with van der Waals surface area (Å²) in [7, 11) is 1.83. The molecule has 0 bridgehead atoms. The van der Waals surface area contributed by atoms with Crippen molar-refractivity contribution >= 4 is 68.5 Å². The Hall–Kier alpha value is -0.160. The second-order valence-corrected chi connectivity index (χ2v) is 8.70. The van der Waals surface area contributed by atoms with Crippen LogP contribution in [0.5, 0.6) is 0 Å². The van der Waals surface area contributed by atoms with Crippen molar-refractivity contribution in [3.05, 3.63) is 43.2 Å². The van der Waals surface area contributed by atoms with Crippen LogP contribution in [0.3, 0.4) is 0 Å². The fourth-order valence-corrected chi connectivity index (χ4v) is 5.23. The van der Waals surface area contributed by atoms with Crippen LogP contribution in [0.4, 0.5) is 0 Å². The molecule has 8 heteroatoms. The standard InChI is InChI=1S/C17H23BrN4S2.HI/c1-19-17(20-10-14-9-13(18)12-24-14)21-11-15(16-5-4-8-23-16)22-6-2-3-7-22;/h4-5,8-9,12,15H,2-3,6-7,10-11H2,1H3,(H2,19,20,21);1H. The topological polar surface area (TPSA) is 39.7 Å². The molecule has 1 aliphatic rings. The summed E-state index contributed by atoms with van der Waals surface area (Å²) in [6.45, 7) is 4.07. The maximum absolute atomic E-state index is 4.36. The summed E-state index contributed by atoms with van der Waals surface area (Å²) >= 11 is 7.09. The van der Waals surface area contributed by atoms with Gasteiger partial charge < -0.3 is 10.6 Å². The monoisotopic (exact) mass is 554 g/mol. The third kappa shape index (κ3) is 6.20. The van der Waals surface area contributed by atoms with Gasteiger partial charge in [-0.05, 0) is 59.4 Å². The number of rotatable bonds is 6. The highest BCUT2D eigenvalue weighted by atomic mass is 127. The molecule has 1 saturated heterocycles. The molecule has 0 radical (unpaired) electrons. The van der Waals surface area contributed by atoms with Crippen molar-refractivity contribution in [3.8, 4) is 0 Å². The zero-order chi connectivity index (χ0) is 16.8. The smallest absolute Gasteiger partial charge is 0.191 e. The SMILES string of the molecule is CN=C(NCc1cc(Br)cs1)NCC(c1cccs1)N1CCCC1.I. The van der Waals surface area contributed by atoms with Crippen molar-refractivity contribution in [2.45, 2.75) is 25.4 Å². The zero-order valence-corrected chi connectivity index (χ0v) is 19.8. The number of nitrogens with zero attached hydrogens (tertiary/aromatic N) is 2. The lowest BCUT2D eigenvalue weighted by Gasteiger charge is -2.27. The first-order chi connectivity index (χ1) is 11.8. The van der Waals surface area contributed by atoms with Crippen LogP contribution in [0, 0.1) is 0 Å². The molecule has 4 nitrogen and oxygen atoms in total. The number of hydrogen-bond donors (Lipinski definition) is 2. The molecule has 0 aliphatic carbocycles. The van der Waals surface area contributed by atoms with Crippen LogP contribution in [0.25, 0.3) is 0 Å². The summed E-state index contributed by atoms with van der Waals surface area (Å²) in [4.78, 5) is 9.67. The molecule has 138 valence electrons. The number of halogens is 2. The van der Waals surface area contributed by atoms with E-state index in [-0.39, 0.29) is 24.0 Å². The maximum Gasteiger partial charge on any atom is 0.191 e. The van der Waals surface area contributed by atoms with Gasteiger partial charge in [-0.1, -0.05) is 6.07 Å². The molecular formula is C17H24BrIN4S2. The summed E-state index contributed by atoms with van der Waals surface area (Å²) in [6.07, 6.45) is 2.62. The third-order valence-corrected chi connectivity index (χ3v) is 6.86. The minimum Gasteiger partial charge on any atom is -0.354 e. The van der Waals surface area contributed by atoms with Gasteiger partial charge in [0, 0.05) is 33.2 Å². The molecule has 1 atom stereocenters. The molecule has 0 spiro atoms. The van der Waals surface area contributed by atoms with Crippen molar-refractivity contribution in [2.75, 3.05) is 26.7 Å². The Labute approximate surface area is 183 Å². The fourth-order valence-electron chi connectivity index (χ4n) is 2.98. The highest BCUT2D eigenvalue weighted by Gasteiger charge is 2.24. The van der Waals surface area contributed by atoms with Crippen LogP contribution in [0.2, 0.25) is 0 Å². The number of thiophene rings is 2.